The SMILES string of the molecule is COc1cccc(Cl)c1CNC(=O)C1(C)COc2c(oc3cc(C(=O)NC4(C)COC4)ccc23)C(=O)N1[C@H]1C[C@@H](OC)C1. The Bertz CT molecular complexity index is 1600. The van der Waals surface area contributed by atoms with E-state index in [0.717, 1.165) is 0 Å². The second kappa shape index (κ2) is 11.0. The van der Waals surface area contributed by atoms with Crippen molar-refractivity contribution in [1.82, 2.24) is 15.5 Å². The van der Waals surface area contributed by atoms with Gasteiger partial charge in [-0.25, -0.2) is 0 Å². The van der Waals surface area contributed by atoms with Crippen LogP contribution in [0.2, 0.25) is 5.02 Å². The highest BCUT2D eigenvalue weighted by Gasteiger charge is 2.53. The van der Waals surface area contributed by atoms with Crippen LogP contribution in [0.15, 0.2) is 40.8 Å². The fraction of sp³-hybridized carbons (Fsp3) is 0.452. The maximum atomic E-state index is 14.2. The lowest BCUT2D eigenvalue weighted by molar-refractivity contribution is -0.138. The number of nitrogens with one attached hydrogen (secondary N) is 2. The molecule has 2 N–H and O–H groups in total. The van der Waals surface area contributed by atoms with Gasteiger partial charge in [0.15, 0.2) is 11.3 Å². The van der Waals surface area contributed by atoms with Gasteiger partial charge in [-0.3, -0.25) is 14.4 Å². The molecule has 1 aliphatic carbocycles. The van der Waals surface area contributed by atoms with Crippen molar-refractivity contribution in [2.24, 2.45) is 0 Å². The molecule has 228 valence electrons. The normalized spacial score (nSPS) is 24.2. The molecule has 3 aromatic rings. The van der Waals surface area contributed by atoms with Gasteiger partial charge in [-0.1, -0.05) is 17.7 Å². The zero-order chi connectivity index (χ0) is 30.5. The van der Waals surface area contributed by atoms with Gasteiger partial charge in [0, 0.05) is 35.8 Å². The Labute approximate surface area is 253 Å². The van der Waals surface area contributed by atoms with Crippen LogP contribution in [0.5, 0.6) is 11.5 Å². The first-order chi connectivity index (χ1) is 20.6. The summed E-state index contributed by atoms with van der Waals surface area (Å²) in [4.78, 5) is 42.6. The number of ether oxygens (including phenoxy) is 4. The third-order valence-electron chi connectivity index (χ3n) is 8.58. The molecule has 0 bridgehead atoms. The van der Waals surface area contributed by atoms with Gasteiger partial charge in [-0.2, -0.15) is 0 Å². The lowest BCUT2D eigenvalue weighted by atomic mass is 9.83. The van der Waals surface area contributed by atoms with Crippen LogP contribution >= 0.6 is 11.6 Å². The van der Waals surface area contributed by atoms with Gasteiger partial charge < -0.3 is 38.9 Å². The third-order valence-corrected chi connectivity index (χ3v) is 8.94. The smallest absolute Gasteiger partial charge is 0.294 e. The maximum absolute atomic E-state index is 14.2. The minimum atomic E-state index is -1.39. The van der Waals surface area contributed by atoms with Crippen LogP contribution in [-0.2, 0) is 20.8 Å². The predicted octanol–water partition coefficient (Wildman–Crippen LogP) is 3.70. The third kappa shape index (κ3) is 5.09. The Morgan fingerprint density at radius 1 is 1.12 bits per heavy atom. The van der Waals surface area contributed by atoms with Crippen LogP contribution in [0.1, 0.15) is 53.2 Å². The Balaban J connectivity index is 1.30. The topological polar surface area (TPSA) is 129 Å². The minimum Gasteiger partial charge on any atom is -0.496 e. The molecule has 2 aromatic carbocycles. The Hall–Kier alpha value is -3.80. The van der Waals surface area contributed by atoms with E-state index in [-0.39, 0.29) is 42.7 Å². The molecule has 3 heterocycles. The fourth-order valence-corrected chi connectivity index (χ4v) is 6.12. The van der Waals surface area contributed by atoms with E-state index >= 15 is 0 Å². The average Bonchev–Trinajstić information content (AvgIpc) is 3.28. The lowest BCUT2D eigenvalue weighted by Crippen LogP contribution is -2.66. The van der Waals surface area contributed by atoms with Crippen LogP contribution in [0.3, 0.4) is 0 Å². The molecule has 1 saturated carbocycles. The number of hydrogen-bond acceptors (Lipinski definition) is 8. The number of halogens is 1. The molecule has 6 rings (SSSR count). The molecular formula is C31H34ClN3O8. The first-order valence-electron chi connectivity index (χ1n) is 14.1. The highest BCUT2D eigenvalue weighted by molar-refractivity contribution is 6.31. The number of hydrogen-bond donors (Lipinski definition) is 2. The van der Waals surface area contributed by atoms with Crippen LogP contribution < -0.4 is 20.1 Å². The van der Waals surface area contributed by atoms with Crippen molar-refractivity contribution in [2.45, 2.75) is 56.5 Å². The summed E-state index contributed by atoms with van der Waals surface area (Å²) in [6, 6.07) is 9.91. The van der Waals surface area contributed by atoms with Gasteiger partial charge in [0.25, 0.3) is 11.8 Å². The summed E-state index contributed by atoms with van der Waals surface area (Å²) in [5.74, 6) is -0.390. The highest BCUT2D eigenvalue weighted by Crippen LogP contribution is 2.42. The van der Waals surface area contributed by atoms with Crippen molar-refractivity contribution >= 4 is 40.3 Å². The monoisotopic (exact) mass is 611 g/mol. The molecule has 1 unspecified atom stereocenters. The van der Waals surface area contributed by atoms with E-state index in [2.05, 4.69) is 10.6 Å². The van der Waals surface area contributed by atoms with E-state index in [1.807, 2.05) is 6.92 Å². The Morgan fingerprint density at radius 2 is 1.88 bits per heavy atom. The molecule has 1 aromatic heterocycles. The summed E-state index contributed by atoms with van der Waals surface area (Å²) in [6.07, 6.45) is 1.10. The zero-order valence-electron chi connectivity index (χ0n) is 24.5. The van der Waals surface area contributed by atoms with E-state index in [0.29, 0.717) is 58.9 Å². The average molecular weight is 612 g/mol. The van der Waals surface area contributed by atoms with E-state index in [4.69, 9.17) is 35.0 Å². The number of nitrogens with zero attached hydrogens (tertiary/aromatic N) is 1. The van der Waals surface area contributed by atoms with Crippen LogP contribution in [0, 0.1) is 0 Å². The summed E-state index contributed by atoms with van der Waals surface area (Å²) in [5, 5.41) is 6.90. The Morgan fingerprint density at radius 3 is 2.56 bits per heavy atom. The number of carbonyl (C=O) groups is 3. The predicted molar refractivity (Wildman–Crippen MR) is 157 cm³/mol. The molecule has 2 fully saturated rings. The molecule has 2 aliphatic heterocycles. The number of fused-ring (bicyclic) bond motifs is 3. The standard InChI is InChI=1S/C31H34ClN3O8/c1-30(14-41-15-30)34-27(36)17-8-9-20-24(10-17)43-26-25(20)42-16-31(2,35(28(26)37)18-11-19(12-18)39-3)29(38)33-13-21-22(32)6-5-7-23(21)40-4/h5-10,18-19H,11-16H2,1-4H3,(H,33,38)(H,34,36)/t18-,19+,31?. The lowest BCUT2D eigenvalue weighted by Gasteiger charge is -2.48. The second-order valence-electron chi connectivity index (χ2n) is 11.8. The highest BCUT2D eigenvalue weighted by atomic mass is 35.5. The number of amides is 3. The summed E-state index contributed by atoms with van der Waals surface area (Å²) < 4.78 is 28.4. The van der Waals surface area contributed by atoms with Gasteiger partial charge >= 0.3 is 0 Å². The number of furan rings is 1. The van der Waals surface area contributed by atoms with Gasteiger partial charge in [0.2, 0.25) is 11.7 Å². The van der Waals surface area contributed by atoms with Crippen molar-refractivity contribution in [3.05, 3.63) is 58.3 Å². The first kappa shape index (κ1) is 29.3. The van der Waals surface area contributed by atoms with Crippen molar-refractivity contribution < 1.29 is 37.7 Å². The number of rotatable bonds is 8. The molecule has 3 amide bonds. The van der Waals surface area contributed by atoms with Crippen LogP contribution in [0.4, 0.5) is 0 Å². The maximum Gasteiger partial charge on any atom is 0.294 e. The number of carbonyl (C=O) groups excluding carboxylic acids is 3. The van der Waals surface area contributed by atoms with Crippen molar-refractivity contribution in [2.75, 3.05) is 34.0 Å². The Kier molecular flexibility index (Phi) is 7.52. The van der Waals surface area contributed by atoms with E-state index in [9.17, 15) is 14.4 Å². The molecule has 11 nitrogen and oxygen atoms in total. The van der Waals surface area contributed by atoms with Gasteiger partial charge in [-0.15, -0.1) is 0 Å². The molecular weight excluding hydrogens is 578 g/mol. The second-order valence-corrected chi connectivity index (χ2v) is 12.2. The number of methoxy groups -OCH3 is 2. The first-order valence-corrected chi connectivity index (χ1v) is 14.5. The van der Waals surface area contributed by atoms with Gasteiger partial charge in [-0.05, 0) is 57.0 Å². The molecule has 3 aliphatic rings. The molecule has 0 radical (unpaired) electrons. The van der Waals surface area contributed by atoms with Gasteiger partial charge in [0.1, 0.15) is 17.9 Å². The fourth-order valence-electron chi connectivity index (χ4n) is 5.89. The van der Waals surface area contributed by atoms with Gasteiger partial charge in [0.05, 0.1) is 37.4 Å². The molecule has 0 spiro atoms. The van der Waals surface area contributed by atoms with Crippen molar-refractivity contribution in [3.8, 4) is 11.5 Å². The molecule has 1 saturated heterocycles. The summed E-state index contributed by atoms with van der Waals surface area (Å²) in [7, 11) is 3.16. The molecule has 1 atom stereocenters. The van der Waals surface area contributed by atoms with E-state index in [1.54, 1.807) is 55.3 Å². The van der Waals surface area contributed by atoms with E-state index < -0.39 is 22.9 Å². The minimum absolute atomic E-state index is 0.0166. The summed E-state index contributed by atoms with van der Waals surface area (Å²) in [6.45, 7) is 4.45. The zero-order valence-corrected chi connectivity index (χ0v) is 25.2. The largest absolute Gasteiger partial charge is 0.496 e. The van der Waals surface area contributed by atoms with Crippen LogP contribution in [0.25, 0.3) is 11.0 Å². The quantitative estimate of drug-likeness (QED) is 0.395. The number of benzene rings is 2. The van der Waals surface area contributed by atoms with Crippen molar-refractivity contribution in [1.29, 1.82) is 0 Å². The molecule has 12 heteroatoms. The summed E-state index contributed by atoms with van der Waals surface area (Å²) in [5.41, 5.74) is -0.464. The molecule has 43 heavy (non-hydrogen) atoms. The van der Waals surface area contributed by atoms with E-state index in [1.165, 1.54) is 7.11 Å². The van der Waals surface area contributed by atoms with Crippen LogP contribution in [-0.4, -0.2) is 79.9 Å². The van der Waals surface area contributed by atoms with Crippen molar-refractivity contribution in [3.63, 3.8) is 0 Å². The summed E-state index contributed by atoms with van der Waals surface area (Å²) >= 11 is 6.40.